The van der Waals surface area contributed by atoms with Crippen molar-refractivity contribution in [3.8, 4) is 11.1 Å². The molecular weight excluding hydrogens is 676 g/mol. The van der Waals surface area contributed by atoms with Crippen molar-refractivity contribution in [1.29, 1.82) is 0 Å². The highest BCUT2D eigenvalue weighted by Gasteiger charge is 2.33. The van der Waals surface area contributed by atoms with Gasteiger partial charge in [-0.1, -0.05) is 48.5 Å². The number of ether oxygens (including phenoxy) is 2. The maximum atomic E-state index is 15.3. The molecule has 2 heterocycles. The van der Waals surface area contributed by atoms with Gasteiger partial charge in [-0.2, -0.15) is 0 Å². The van der Waals surface area contributed by atoms with E-state index in [9.17, 15) is 19.6 Å². The molecule has 2 fully saturated rings. The van der Waals surface area contributed by atoms with Gasteiger partial charge in [-0.05, 0) is 87.5 Å². The monoisotopic (exact) mass is 731 g/mol. The SMILES string of the molecule is CC(C)(C)OC(=O)N1CCN(Cc2cccc(-c3cc(CNCC4CN(Cc5cccc(B(O)O)c5)CCN4C(=O)OC(C)(C)C)ccc3F)c2)CC1. The van der Waals surface area contributed by atoms with Gasteiger partial charge in [0.1, 0.15) is 17.0 Å². The third-order valence-corrected chi connectivity index (χ3v) is 9.26. The molecule has 3 aromatic carbocycles. The van der Waals surface area contributed by atoms with Crippen LogP contribution < -0.4 is 10.8 Å². The van der Waals surface area contributed by atoms with Gasteiger partial charge in [0.2, 0.25) is 0 Å². The van der Waals surface area contributed by atoms with Crippen LogP contribution in [0.25, 0.3) is 11.1 Å². The number of nitrogens with zero attached hydrogens (tertiary/aromatic N) is 4. The van der Waals surface area contributed by atoms with E-state index in [1.165, 1.54) is 6.07 Å². The molecule has 2 saturated heterocycles. The Hall–Kier alpha value is -4.01. The van der Waals surface area contributed by atoms with E-state index in [1.807, 2.05) is 84.0 Å². The molecule has 0 radical (unpaired) electrons. The molecule has 3 N–H and O–H groups in total. The van der Waals surface area contributed by atoms with E-state index in [0.29, 0.717) is 69.9 Å². The van der Waals surface area contributed by atoms with Crippen LogP contribution in [-0.4, -0.2) is 119 Å². The standard InChI is InChI=1S/C40H55BFN5O6/c1-39(2,3)52-37(48)46-18-15-44(16-19-46)26-30-9-7-11-32(21-30)35-23-29(13-14-36(35)42)24-43-25-34-28-45(17-20-47(34)38(49)53-40(4,5)6)27-31-10-8-12-33(22-31)41(50)51/h7-14,21-23,34,43,50-51H,15-20,24-28H2,1-6H3. The lowest BCUT2D eigenvalue weighted by Gasteiger charge is -2.42. The first-order valence-corrected chi connectivity index (χ1v) is 18.5. The lowest BCUT2D eigenvalue weighted by Crippen LogP contribution is -2.58. The van der Waals surface area contributed by atoms with E-state index >= 15 is 4.39 Å². The van der Waals surface area contributed by atoms with Crippen molar-refractivity contribution >= 4 is 24.8 Å². The van der Waals surface area contributed by atoms with Crippen LogP contribution in [0.4, 0.5) is 14.0 Å². The van der Waals surface area contributed by atoms with Crippen molar-refractivity contribution in [2.75, 3.05) is 52.4 Å². The molecule has 2 aliphatic heterocycles. The number of hydrogen-bond donors (Lipinski definition) is 3. The van der Waals surface area contributed by atoms with Crippen LogP contribution in [0.2, 0.25) is 0 Å². The Balaban J connectivity index is 1.21. The predicted octanol–water partition coefficient (Wildman–Crippen LogP) is 4.44. The number of benzene rings is 3. The highest BCUT2D eigenvalue weighted by molar-refractivity contribution is 6.58. The molecule has 1 unspecified atom stereocenters. The van der Waals surface area contributed by atoms with Gasteiger partial charge >= 0.3 is 19.3 Å². The molecule has 0 bridgehead atoms. The average molecular weight is 732 g/mol. The number of nitrogens with one attached hydrogen (secondary N) is 1. The van der Waals surface area contributed by atoms with Crippen molar-refractivity contribution in [3.05, 3.63) is 89.2 Å². The number of rotatable bonds is 10. The maximum Gasteiger partial charge on any atom is 0.488 e. The highest BCUT2D eigenvalue weighted by Crippen LogP contribution is 2.26. The van der Waals surface area contributed by atoms with Crippen LogP contribution in [0.5, 0.6) is 0 Å². The smallest absolute Gasteiger partial charge is 0.444 e. The van der Waals surface area contributed by atoms with Crippen molar-refractivity contribution in [3.63, 3.8) is 0 Å². The lowest BCUT2D eigenvalue weighted by molar-refractivity contribution is -0.00236. The summed E-state index contributed by atoms with van der Waals surface area (Å²) in [4.78, 5) is 33.8. The molecule has 2 aliphatic rings. The fraction of sp³-hybridized carbons (Fsp3) is 0.500. The molecule has 3 aromatic rings. The first kappa shape index (κ1) is 40.2. The summed E-state index contributed by atoms with van der Waals surface area (Å²) in [6, 6.07) is 20.2. The summed E-state index contributed by atoms with van der Waals surface area (Å²) >= 11 is 0. The van der Waals surface area contributed by atoms with Gasteiger partial charge in [0, 0.05) is 77.6 Å². The summed E-state index contributed by atoms with van der Waals surface area (Å²) in [5.41, 5.74) is 3.55. The quantitative estimate of drug-likeness (QED) is 0.261. The predicted molar refractivity (Wildman–Crippen MR) is 205 cm³/mol. The van der Waals surface area contributed by atoms with E-state index in [1.54, 1.807) is 28.0 Å². The lowest BCUT2D eigenvalue weighted by atomic mass is 9.79. The molecule has 0 aliphatic carbocycles. The van der Waals surface area contributed by atoms with Crippen molar-refractivity contribution in [1.82, 2.24) is 24.9 Å². The maximum absolute atomic E-state index is 15.3. The molecule has 13 heteroatoms. The zero-order valence-corrected chi connectivity index (χ0v) is 32.0. The Kier molecular flexibility index (Phi) is 13.2. The van der Waals surface area contributed by atoms with E-state index < -0.39 is 18.3 Å². The molecule has 0 aromatic heterocycles. The van der Waals surface area contributed by atoms with Crippen LogP contribution in [-0.2, 0) is 29.1 Å². The number of amides is 2. The highest BCUT2D eigenvalue weighted by atomic mass is 19.1. The molecule has 11 nitrogen and oxygen atoms in total. The van der Waals surface area contributed by atoms with E-state index in [4.69, 9.17) is 9.47 Å². The van der Waals surface area contributed by atoms with E-state index in [-0.39, 0.29) is 24.0 Å². The van der Waals surface area contributed by atoms with Crippen LogP contribution in [0, 0.1) is 5.82 Å². The Morgan fingerprint density at radius 1 is 0.774 bits per heavy atom. The zero-order valence-electron chi connectivity index (χ0n) is 32.0. The second-order valence-electron chi connectivity index (χ2n) is 16.1. The normalized spacial score (nSPS) is 17.5. The van der Waals surface area contributed by atoms with Crippen molar-refractivity contribution < 1.29 is 33.5 Å². The minimum absolute atomic E-state index is 0.187. The Bertz CT molecular complexity index is 1710. The first-order valence-electron chi connectivity index (χ1n) is 18.5. The minimum atomic E-state index is -1.54. The molecule has 53 heavy (non-hydrogen) atoms. The van der Waals surface area contributed by atoms with Gasteiger partial charge < -0.3 is 34.6 Å². The fourth-order valence-corrected chi connectivity index (χ4v) is 6.71. The number of carbonyl (C=O) groups excluding carboxylic acids is 2. The second kappa shape index (κ2) is 17.4. The largest absolute Gasteiger partial charge is 0.488 e. The third kappa shape index (κ3) is 12.0. The van der Waals surface area contributed by atoms with E-state index in [0.717, 1.165) is 35.3 Å². The molecule has 0 spiro atoms. The van der Waals surface area contributed by atoms with Crippen molar-refractivity contribution in [2.45, 2.75) is 78.4 Å². The Labute approximate surface area is 313 Å². The molecule has 5 rings (SSSR count). The van der Waals surface area contributed by atoms with Crippen LogP contribution in [0.15, 0.2) is 66.7 Å². The van der Waals surface area contributed by atoms with Gasteiger partial charge in [0.25, 0.3) is 0 Å². The summed E-state index contributed by atoms with van der Waals surface area (Å²) in [5, 5.41) is 22.8. The van der Waals surface area contributed by atoms with Crippen LogP contribution in [0.1, 0.15) is 58.2 Å². The van der Waals surface area contributed by atoms with Gasteiger partial charge in [-0.3, -0.25) is 9.80 Å². The van der Waals surface area contributed by atoms with Gasteiger partial charge in [-0.15, -0.1) is 0 Å². The van der Waals surface area contributed by atoms with Gasteiger partial charge in [0.05, 0.1) is 6.04 Å². The number of hydrogen-bond acceptors (Lipinski definition) is 9. The molecule has 2 amide bonds. The number of carbonyl (C=O) groups is 2. The molecular formula is C40H55BFN5O6. The van der Waals surface area contributed by atoms with E-state index in [2.05, 4.69) is 15.1 Å². The summed E-state index contributed by atoms with van der Waals surface area (Å²) in [7, 11) is -1.54. The Morgan fingerprint density at radius 3 is 2.08 bits per heavy atom. The average Bonchev–Trinajstić information content (AvgIpc) is 3.08. The molecule has 286 valence electrons. The fourth-order valence-electron chi connectivity index (χ4n) is 6.71. The van der Waals surface area contributed by atoms with Crippen LogP contribution >= 0.6 is 0 Å². The molecule has 0 saturated carbocycles. The first-order chi connectivity index (χ1) is 25.0. The topological polar surface area (TPSA) is 118 Å². The summed E-state index contributed by atoms with van der Waals surface area (Å²) < 4.78 is 26.6. The molecule has 1 atom stereocenters. The number of piperazine rings is 2. The second-order valence-corrected chi connectivity index (χ2v) is 16.1. The Morgan fingerprint density at radius 2 is 1.40 bits per heavy atom. The summed E-state index contributed by atoms with van der Waals surface area (Å²) in [5.74, 6) is -0.298. The van der Waals surface area contributed by atoms with Crippen LogP contribution in [0.3, 0.4) is 0 Å². The summed E-state index contributed by atoms with van der Waals surface area (Å²) in [6.45, 7) is 17.8. The van der Waals surface area contributed by atoms with Gasteiger partial charge in [0.15, 0.2) is 0 Å². The number of halogens is 1. The van der Waals surface area contributed by atoms with Gasteiger partial charge in [-0.25, -0.2) is 14.0 Å². The minimum Gasteiger partial charge on any atom is -0.444 e. The third-order valence-electron chi connectivity index (χ3n) is 9.26. The summed E-state index contributed by atoms with van der Waals surface area (Å²) in [6.07, 6.45) is -0.642. The van der Waals surface area contributed by atoms with Crippen molar-refractivity contribution in [2.24, 2.45) is 0 Å². The zero-order chi connectivity index (χ0) is 38.3.